The molecule has 3 aromatic carbocycles. The van der Waals surface area contributed by atoms with Crippen LogP contribution in [0.3, 0.4) is 0 Å². The Morgan fingerprint density at radius 1 is 0.633 bits per heavy atom. The van der Waals surface area contributed by atoms with Crippen LogP contribution in [-0.2, 0) is 19.3 Å². The van der Waals surface area contributed by atoms with E-state index in [1.54, 1.807) is 24.3 Å². The average molecular weight is 406 g/mol. The molecular formula is C25H26O5. The fraction of sp³-hybridized carbons (Fsp3) is 0.200. The number of aryl methyl sites for hydroxylation is 2. The van der Waals surface area contributed by atoms with Crippen LogP contribution in [0.1, 0.15) is 34.2 Å². The van der Waals surface area contributed by atoms with Gasteiger partial charge in [-0.2, -0.15) is 0 Å². The van der Waals surface area contributed by atoms with Gasteiger partial charge >= 0.3 is 0 Å². The summed E-state index contributed by atoms with van der Waals surface area (Å²) in [6, 6.07) is 15.9. The number of phenols is 4. The number of rotatable bonds is 8. The molecule has 0 unspecified atom stereocenters. The Labute approximate surface area is 175 Å². The molecule has 3 rings (SSSR count). The normalized spacial score (nSPS) is 11.2. The van der Waals surface area contributed by atoms with Crippen LogP contribution in [0.2, 0.25) is 0 Å². The highest BCUT2D eigenvalue weighted by molar-refractivity contribution is 5.74. The zero-order valence-corrected chi connectivity index (χ0v) is 16.6. The van der Waals surface area contributed by atoms with E-state index in [1.165, 1.54) is 23.8 Å². The lowest BCUT2D eigenvalue weighted by Gasteiger charge is -2.11. The fourth-order valence-corrected chi connectivity index (χ4v) is 3.31. The van der Waals surface area contributed by atoms with Gasteiger partial charge < -0.3 is 25.5 Å². The minimum atomic E-state index is -0.201. The van der Waals surface area contributed by atoms with Gasteiger partial charge in [0, 0.05) is 12.2 Å². The van der Waals surface area contributed by atoms with Crippen LogP contribution in [0.5, 0.6) is 23.0 Å². The molecule has 5 heteroatoms. The summed E-state index contributed by atoms with van der Waals surface area (Å²) < 4.78 is 0. The Kier molecular flexibility index (Phi) is 6.99. The second kappa shape index (κ2) is 9.85. The number of aromatic hydroxyl groups is 4. The van der Waals surface area contributed by atoms with E-state index >= 15 is 0 Å². The zero-order chi connectivity index (χ0) is 21.5. The van der Waals surface area contributed by atoms with Gasteiger partial charge in [0.25, 0.3) is 0 Å². The van der Waals surface area contributed by atoms with E-state index in [9.17, 15) is 20.4 Å². The first-order valence-corrected chi connectivity index (χ1v) is 9.90. The lowest BCUT2D eigenvalue weighted by atomic mass is 9.96. The van der Waals surface area contributed by atoms with Gasteiger partial charge in [0.2, 0.25) is 0 Å². The van der Waals surface area contributed by atoms with E-state index in [0.717, 1.165) is 24.0 Å². The molecule has 0 fully saturated rings. The molecule has 0 saturated carbocycles. The largest absolute Gasteiger partial charge is 0.504 e. The van der Waals surface area contributed by atoms with E-state index in [0.29, 0.717) is 24.0 Å². The van der Waals surface area contributed by atoms with Gasteiger partial charge in [0.1, 0.15) is 0 Å². The minimum absolute atomic E-state index is 0.134. The molecule has 156 valence electrons. The van der Waals surface area contributed by atoms with E-state index in [2.05, 4.69) is 0 Å². The lowest BCUT2D eigenvalue weighted by Crippen LogP contribution is -1.96. The second-order valence-electron chi connectivity index (χ2n) is 7.23. The van der Waals surface area contributed by atoms with Crippen molar-refractivity contribution in [2.75, 3.05) is 6.61 Å². The molecule has 0 bridgehead atoms. The molecule has 0 heterocycles. The van der Waals surface area contributed by atoms with Crippen LogP contribution in [0.25, 0.3) is 12.2 Å². The smallest absolute Gasteiger partial charge is 0.161 e. The highest BCUT2D eigenvalue weighted by Crippen LogP contribution is 2.34. The predicted molar refractivity (Wildman–Crippen MR) is 118 cm³/mol. The fourth-order valence-electron chi connectivity index (χ4n) is 3.31. The molecule has 5 nitrogen and oxygen atoms in total. The van der Waals surface area contributed by atoms with E-state index in [4.69, 9.17) is 5.11 Å². The van der Waals surface area contributed by atoms with Crippen LogP contribution < -0.4 is 0 Å². The van der Waals surface area contributed by atoms with Crippen molar-refractivity contribution in [2.24, 2.45) is 0 Å². The molecule has 0 aliphatic rings. The summed E-state index contributed by atoms with van der Waals surface area (Å²) in [5.74, 6) is -0.681. The predicted octanol–water partition coefficient (Wildman–Crippen LogP) is 4.39. The highest BCUT2D eigenvalue weighted by Gasteiger charge is 2.11. The zero-order valence-electron chi connectivity index (χ0n) is 16.6. The molecule has 0 amide bonds. The van der Waals surface area contributed by atoms with Crippen molar-refractivity contribution < 1.29 is 25.5 Å². The summed E-state index contributed by atoms with van der Waals surface area (Å²) in [5.41, 5.74) is 4.39. The van der Waals surface area contributed by atoms with Gasteiger partial charge in [-0.3, -0.25) is 0 Å². The van der Waals surface area contributed by atoms with Crippen molar-refractivity contribution in [3.8, 4) is 23.0 Å². The molecule has 30 heavy (non-hydrogen) atoms. The van der Waals surface area contributed by atoms with Crippen LogP contribution in [-0.4, -0.2) is 32.1 Å². The van der Waals surface area contributed by atoms with Gasteiger partial charge in [-0.05, 0) is 66.1 Å². The summed E-state index contributed by atoms with van der Waals surface area (Å²) in [7, 11) is 0. The molecule has 0 atom stereocenters. The van der Waals surface area contributed by atoms with Crippen molar-refractivity contribution >= 4 is 12.2 Å². The highest BCUT2D eigenvalue weighted by atomic mass is 16.3. The van der Waals surface area contributed by atoms with Crippen LogP contribution >= 0.6 is 0 Å². The summed E-state index contributed by atoms with van der Waals surface area (Å²) in [6.07, 6.45) is 6.38. The Hall–Kier alpha value is -3.44. The van der Waals surface area contributed by atoms with Crippen molar-refractivity contribution in [1.82, 2.24) is 0 Å². The van der Waals surface area contributed by atoms with Crippen LogP contribution in [0.15, 0.2) is 54.6 Å². The van der Waals surface area contributed by atoms with Gasteiger partial charge in [-0.25, -0.2) is 0 Å². The second-order valence-corrected chi connectivity index (χ2v) is 7.23. The van der Waals surface area contributed by atoms with Crippen LogP contribution in [0, 0.1) is 0 Å². The maximum absolute atomic E-state index is 10.4. The molecule has 0 spiro atoms. The maximum Gasteiger partial charge on any atom is 0.161 e. The van der Waals surface area contributed by atoms with Crippen molar-refractivity contribution in [3.63, 3.8) is 0 Å². The van der Waals surface area contributed by atoms with Gasteiger partial charge in [-0.15, -0.1) is 0 Å². The molecule has 0 aliphatic heterocycles. The molecule has 0 radical (unpaired) electrons. The van der Waals surface area contributed by atoms with Crippen molar-refractivity contribution in [2.45, 2.75) is 25.7 Å². The summed E-state index contributed by atoms with van der Waals surface area (Å²) in [5, 5.41) is 48.3. The number of hydrogen-bond donors (Lipinski definition) is 5. The van der Waals surface area contributed by atoms with Crippen molar-refractivity contribution in [1.29, 1.82) is 0 Å². The molecule has 3 aromatic rings. The monoisotopic (exact) mass is 406 g/mol. The van der Waals surface area contributed by atoms with Crippen molar-refractivity contribution in [3.05, 3.63) is 82.4 Å². The van der Waals surface area contributed by atoms with Crippen LogP contribution in [0.4, 0.5) is 0 Å². The standard InChI is InChI=1S/C25H26O5/c26-15-1-2-17-3-5-18(6-4-17)8-12-21-20(11-14-23(28)25(21)30)10-7-19-9-13-22(27)24(29)16-19/h3-7,9-11,13-14,16,26-30H,1-2,8,12,15H2. The first-order chi connectivity index (χ1) is 14.5. The Morgan fingerprint density at radius 3 is 1.97 bits per heavy atom. The third-order valence-corrected chi connectivity index (χ3v) is 5.06. The summed E-state index contributed by atoms with van der Waals surface area (Å²) >= 11 is 0. The van der Waals surface area contributed by atoms with E-state index < -0.39 is 0 Å². The molecular weight excluding hydrogens is 380 g/mol. The maximum atomic E-state index is 10.4. The van der Waals surface area contributed by atoms with Gasteiger partial charge in [-0.1, -0.05) is 48.6 Å². The Bertz CT molecular complexity index is 1020. The Balaban J connectivity index is 1.77. The molecule has 0 aliphatic carbocycles. The third-order valence-electron chi connectivity index (χ3n) is 5.06. The molecule has 0 saturated heterocycles. The lowest BCUT2D eigenvalue weighted by molar-refractivity contribution is 0.288. The first kappa shape index (κ1) is 21.3. The topological polar surface area (TPSA) is 101 Å². The number of aliphatic hydroxyl groups is 1. The number of hydrogen-bond acceptors (Lipinski definition) is 5. The van der Waals surface area contributed by atoms with Gasteiger partial charge in [0.15, 0.2) is 23.0 Å². The van der Waals surface area contributed by atoms with E-state index in [-0.39, 0.29) is 29.6 Å². The summed E-state index contributed by atoms with van der Waals surface area (Å²) in [6.45, 7) is 0.179. The quantitative estimate of drug-likeness (QED) is 0.282. The first-order valence-electron chi connectivity index (χ1n) is 9.90. The van der Waals surface area contributed by atoms with E-state index in [1.807, 2.05) is 24.3 Å². The SMILES string of the molecule is OCCCc1ccc(CCc2c(C=Cc3ccc(O)c(O)c3)ccc(O)c2O)cc1. The van der Waals surface area contributed by atoms with Gasteiger partial charge in [0.05, 0.1) is 0 Å². The summed E-state index contributed by atoms with van der Waals surface area (Å²) in [4.78, 5) is 0. The number of benzene rings is 3. The average Bonchev–Trinajstić information content (AvgIpc) is 2.75. The minimum Gasteiger partial charge on any atom is -0.504 e. The number of phenolic OH excluding ortho intramolecular Hbond substituents is 4. The number of aliphatic hydroxyl groups excluding tert-OH is 1. The molecule has 5 N–H and O–H groups in total. The Morgan fingerprint density at radius 2 is 1.30 bits per heavy atom. The molecule has 0 aromatic heterocycles. The third kappa shape index (κ3) is 5.33.